The van der Waals surface area contributed by atoms with Crippen molar-refractivity contribution >= 4 is 0 Å². The molecule has 3 aromatic rings. The Labute approximate surface area is 187 Å². The lowest BCUT2D eigenvalue weighted by atomic mass is 9.96. The van der Waals surface area contributed by atoms with Gasteiger partial charge < -0.3 is 9.84 Å². The molecule has 0 amide bonds. The van der Waals surface area contributed by atoms with Gasteiger partial charge in [0.25, 0.3) is 0 Å². The fraction of sp³-hybridized carbons (Fsp3) is 0.348. The Morgan fingerprint density at radius 2 is 1.88 bits per heavy atom. The van der Waals surface area contributed by atoms with E-state index >= 15 is 0 Å². The highest BCUT2D eigenvalue weighted by Crippen LogP contribution is 2.34. The standard InChI is InChI=1S/C23H22F4N4O2/c1-14-19(33-20-8-5-15(13-30-20)23(25,26)27)4-2-11-31(14)22(32)18-12-16(24)6-7-17(18)21-28-9-3-10-29-21/h3,5-10,12-14,19,22,32H,2,4,11H2,1H3/t14-,19+,22?/m0/s1. The number of rotatable bonds is 5. The second-order valence-electron chi connectivity index (χ2n) is 7.84. The number of pyridine rings is 1. The first-order valence-corrected chi connectivity index (χ1v) is 10.4. The minimum absolute atomic E-state index is 0.0697. The van der Waals surface area contributed by atoms with Crippen molar-refractivity contribution in [1.29, 1.82) is 0 Å². The fourth-order valence-corrected chi connectivity index (χ4v) is 3.98. The van der Waals surface area contributed by atoms with Crippen LogP contribution in [0.25, 0.3) is 11.4 Å². The van der Waals surface area contributed by atoms with Gasteiger partial charge in [-0.15, -0.1) is 0 Å². The molecule has 1 N–H and O–H groups in total. The van der Waals surface area contributed by atoms with Gasteiger partial charge in [-0.1, -0.05) is 0 Å². The molecule has 1 unspecified atom stereocenters. The van der Waals surface area contributed by atoms with E-state index in [1.165, 1.54) is 24.3 Å². The molecule has 2 aromatic heterocycles. The Hall–Kier alpha value is -3.11. The Morgan fingerprint density at radius 1 is 1.12 bits per heavy atom. The van der Waals surface area contributed by atoms with Crippen molar-refractivity contribution in [3.63, 3.8) is 0 Å². The lowest BCUT2D eigenvalue weighted by Crippen LogP contribution is -2.50. The minimum atomic E-state index is -4.48. The Morgan fingerprint density at radius 3 is 2.55 bits per heavy atom. The molecule has 0 bridgehead atoms. The zero-order chi connectivity index (χ0) is 23.6. The van der Waals surface area contributed by atoms with E-state index in [1.54, 1.807) is 23.4 Å². The third-order valence-corrected chi connectivity index (χ3v) is 5.71. The van der Waals surface area contributed by atoms with E-state index in [2.05, 4.69) is 15.0 Å². The number of benzene rings is 1. The van der Waals surface area contributed by atoms with Crippen LogP contribution in [-0.4, -0.2) is 43.6 Å². The van der Waals surface area contributed by atoms with Crippen LogP contribution >= 0.6 is 0 Å². The lowest BCUT2D eigenvalue weighted by Gasteiger charge is -2.41. The van der Waals surface area contributed by atoms with Gasteiger partial charge in [-0.2, -0.15) is 13.2 Å². The fourth-order valence-electron chi connectivity index (χ4n) is 3.98. The monoisotopic (exact) mass is 462 g/mol. The van der Waals surface area contributed by atoms with Crippen molar-refractivity contribution in [2.45, 2.75) is 44.3 Å². The predicted molar refractivity (Wildman–Crippen MR) is 111 cm³/mol. The van der Waals surface area contributed by atoms with Crippen molar-refractivity contribution in [2.24, 2.45) is 0 Å². The number of aliphatic hydroxyl groups excluding tert-OH is 1. The second kappa shape index (κ2) is 9.40. The quantitative estimate of drug-likeness (QED) is 0.558. The van der Waals surface area contributed by atoms with Crippen LogP contribution in [0.3, 0.4) is 0 Å². The highest BCUT2D eigenvalue weighted by Gasteiger charge is 2.36. The number of piperidine rings is 1. The maximum absolute atomic E-state index is 14.1. The molecule has 3 heterocycles. The van der Waals surface area contributed by atoms with Crippen LogP contribution in [0.15, 0.2) is 55.0 Å². The summed E-state index contributed by atoms with van der Waals surface area (Å²) in [6, 6.07) is 7.49. The Balaban J connectivity index is 1.55. The van der Waals surface area contributed by atoms with Crippen LogP contribution in [-0.2, 0) is 6.18 Å². The predicted octanol–water partition coefficient (Wildman–Crippen LogP) is 4.62. The van der Waals surface area contributed by atoms with Gasteiger partial charge in [0.05, 0.1) is 5.56 Å². The Bertz CT molecular complexity index is 1080. The van der Waals surface area contributed by atoms with Gasteiger partial charge in [0.1, 0.15) is 18.1 Å². The van der Waals surface area contributed by atoms with E-state index in [9.17, 15) is 22.7 Å². The molecule has 3 atom stereocenters. The van der Waals surface area contributed by atoms with Crippen LogP contribution in [0.1, 0.15) is 37.1 Å². The molecule has 174 valence electrons. The normalized spacial score (nSPS) is 20.4. The molecular weight excluding hydrogens is 440 g/mol. The van der Waals surface area contributed by atoms with Gasteiger partial charge in [-0.05, 0) is 50.1 Å². The summed E-state index contributed by atoms with van der Waals surface area (Å²) in [6.07, 6.45) is -0.920. The molecule has 10 heteroatoms. The van der Waals surface area contributed by atoms with Gasteiger partial charge in [-0.25, -0.2) is 19.3 Å². The number of hydrogen-bond acceptors (Lipinski definition) is 6. The number of halogens is 4. The first kappa shape index (κ1) is 23.1. The average Bonchev–Trinajstić information content (AvgIpc) is 2.80. The van der Waals surface area contributed by atoms with Crippen molar-refractivity contribution < 1.29 is 27.4 Å². The van der Waals surface area contributed by atoms with E-state index in [0.29, 0.717) is 36.3 Å². The summed E-state index contributed by atoms with van der Waals surface area (Å²) >= 11 is 0. The van der Waals surface area contributed by atoms with Gasteiger partial charge in [0, 0.05) is 48.4 Å². The largest absolute Gasteiger partial charge is 0.473 e. The summed E-state index contributed by atoms with van der Waals surface area (Å²) in [5, 5.41) is 11.2. The first-order chi connectivity index (χ1) is 15.7. The highest BCUT2D eigenvalue weighted by atomic mass is 19.4. The van der Waals surface area contributed by atoms with Gasteiger partial charge in [-0.3, -0.25) is 4.90 Å². The minimum Gasteiger partial charge on any atom is -0.473 e. The second-order valence-corrected chi connectivity index (χ2v) is 7.84. The van der Waals surface area contributed by atoms with Gasteiger partial charge in [0.2, 0.25) is 5.88 Å². The summed E-state index contributed by atoms with van der Waals surface area (Å²) in [6.45, 7) is 2.36. The van der Waals surface area contributed by atoms with E-state index in [0.717, 1.165) is 12.3 Å². The summed E-state index contributed by atoms with van der Waals surface area (Å²) in [5.41, 5.74) is -0.0316. The number of likely N-dealkylation sites (tertiary alicyclic amines) is 1. The molecule has 1 aromatic carbocycles. The number of nitrogens with zero attached hydrogens (tertiary/aromatic N) is 4. The number of ether oxygens (including phenoxy) is 1. The van der Waals surface area contributed by atoms with E-state index in [1.807, 2.05) is 6.92 Å². The van der Waals surface area contributed by atoms with Crippen molar-refractivity contribution in [2.75, 3.05) is 6.54 Å². The molecule has 0 saturated carbocycles. The van der Waals surface area contributed by atoms with E-state index < -0.39 is 29.9 Å². The highest BCUT2D eigenvalue weighted by molar-refractivity contribution is 5.60. The van der Waals surface area contributed by atoms with Crippen molar-refractivity contribution in [3.8, 4) is 17.3 Å². The number of alkyl halides is 3. The topological polar surface area (TPSA) is 71.4 Å². The van der Waals surface area contributed by atoms with Crippen LogP contribution < -0.4 is 4.74 Å². The summed E-state index contributed by atoms with van der Waals surface area (Å²) in [7, 11) is 0. The van der Waals surface area contributed by atoms with Crippen LogP contribution in [0.2, 0.25) is 0 Å². The van der Waals surface area contributed by atoms with Crippen molar-refractivity contribution in [3.05, 3.63) is 71.9 Å². The molecule has 6 nitrogen and oxygen atoms in total. The number of aromatic nitrogens is 3. The molecule has 4 rings (SSSR count). The Kier molecular flexibility index (Phi) is 6.57. The van der Waals surface area contributed by atoms with Crippen molar-refractivity contribution in [1.82, 2.24) is 19.9 Å². The third-order valence-electron chi connectivity index (χ3n) is 5.71. The van der Waals surface area contributed by atoms with E-state index in [-0.39, 0.29) is 11.9 Å². The third kappa shape index (κ3) is 5.12. The average molecular weight is 462 g/mol. The van der Waals surface area contributed by atoms with Crippen LogP contribution in [0, 0.1) is 5.82 Å². The molecule has 1 saturated heterocycles. The first-order valence-electron chi connectivity index (χ1n) is 10.4. The maximum Gasteiger partial charge on any atom is 0.417 e. The number of aliphatic hydroxyl groups is 1. The molecule has 0 radical (unpaired) electrons. The maximum atomic E-state index is 14.1. The molecule has 1 aliphatic heterocycles. The summed E-state index contributed by atoms with van der Waals surface area (Å²) in [5.74, 6) is -0.0755. The SMILES string of the molecule is C[C@H]1[C@H](Oc2ccc(C(F)(F)F)cn2)CCCN1C(O)c1cc(F)ccc1-c1ncccn1. The number of hydrogen-bond donors (Lipinski definition) is 1. The molecule has 1 fully saturated rings. The molecule has 0 spiro atoms. The molecule has 0 aliphatic carbocycles. The van der Waals surface area contributed by atoms with Gasteiger partial charge in [0.15, 0.2) is 5.82 Å². The smallest absolute Gasteiger partial charge is 0.417 e. The van der Waals surface area contributed by atoms with Crippen LogP contribution in [0.5, 0.6) is 5.88 Å². The summed E-state index contributed by atoms with van der Waals surface area (Å²) in [4.78, 5) is 14.0. The zero-order valence-corrected chi connectivity index (χ0v) is 17.7. The molecular formula is C23H22F4N4O2. The zero-order valence-electron chi connectivity index (χ0n) is 17.7. The molecule has 33 heavy (non-hydrogen) atoms. The van der Waals surface area contributed by atoms with Gasteiger partial charge >= 0.3 is 6.18 Å². The summed E-state index contributed by atoms with van der Waals surface area (Å²) < 4.78 is 58.3. The van der Waals surface area contributed by atoms with Crippen LogP contribution in [0.4, 0.5) is 17.6 Å². The van der Waals surface area contributed by atoms with E-state index in [4.69, 9.17) is 4.74 Å². The molecule has 1 aliphatic rings. The lowest BCUT2D eigenvalue weighted by molar-refractivity contribution is -0.137.